The van der Waals surface area contributed by atoms with Gasteiger partial charge in [-0.2, -0.15) is 0 Å². The zero-order chi connectivity index (χ0) is 24.6. The van der Waals surface area contributed by atoms with Crippen LogP contribution in [0.1, 0.15) is 48.1 Å². The Balaban J connectivity index is 1.86. The minimum atomic E-state index is -0.893. The predicted octanol–water partition coefficient (Wildman–Crippen LogP) is 5.87. The number of carbonyl (C=O) groups is 2. The molecule has 1 N–H and O–H groups in total. The molecule has 0 aliphatic carbocycles. The first kappa shape index (κ1) is 23.4. The second kappa shape index (κ2) is 9.21. The first-order chi connectivity index (χ1) is 16.2. The predicted molar refractivity (Wildman–Crippen MR) is 131 cm³/mol. The Hall–Kier alpha value is -3.80. The molecule has 0 spiro atoms. The number of carbonyl (C=O) groups excluding carboxylic acids is 2. The first-order valence-electron chi connectivity index (χ1n) is 11.3. The van der Waals surface area contributed by atoms with Crippen LogP contribution in [0, 0.1) is 26.7 Å². The third-order valence-corrected chi connectivity index (χ3v) is 5.93. The number of ether oxygens (including phenoxy) is 1. The molecule has 0 radical (unpaired) electrons. The number of rotatable bonds is 6. The maximum absolute atomic E-state index is 13.3. The van der Waals surface area contributed by atoms with Crippen molar-refractivity contribution >= 4 is 23.1 Å². The van der Waals surface area contributed by atoms with Crippen molar-refractivity contribution < 1.29 is 23.8 Å². The van der Waals surface area contributed by atoms with E-state index in [0.717, 1.165) is 11.1 Å². The van der Waals surface area contributed by atoms with Crippen LogP contribution in [-0.4, -0.2) is 23.4 Å². The highest BCUT2D eigenvalue weighted by Gasteiger charge is 2.48. The smallest absolute Gasteiger partial charge is 0.300 e. The summed E-state index contributed by atoms with van der Waals surface area (Å²) >= 11 is 0. The van der Waals surface area contributed by atoms with E-state index >= 15 is 0 Å². The van der Waals surface area contributed by atoms with Gasteiger partial charge < -0.3 is 14.3 Å². The zero-order valence-corrected chi connectivity index (χ0v) is 20.1. The Morgan fingerprint density at radius 1 is 1.03 bits per heavy atom. The molecule has 6 heteroatoms. The van der Waals surface area contributed by atoms with Gasteiger partial charge in [-0.3, -0.25) is 14.5 Å². The summed E-state index contributed by atoms with van der Waals surface area (Å²) in [6, 6.07) is 15.1. The summed E-state index contributed by atoms with van der Waals surface area (Å²) in [6.07, 6.45) is 0. The highest BCUT2D eigenvalue weighted by atomic mass is 16.5. The number of anilines is 1. The van der Waals surface area contributed by atoms with Crippen molar-refractivity contribution in [3.63, 3.8) is 0 Å². The number of aliphatic hydroxyl groups excluding tert-OH is 1. The number of benzene rings is 2. The molecule has 1 aliphatic heterocycles. The van der Waals surface area contributed by atoms with Crippen molar-refractivity contribution in [2.24, 2.45) is 5.92 Å². The first-order valence-corrected chi connectivity index (χ1v) is 11.3. The quantitative estimate of drug-likeness (QED) is 0.283. The highest BCUT2D eigenvalue weighted by Crippen LogP contribution is 2.43. The van der Waals surface area contributed by atoms with Crippen molar-refractivity contribution in [2.45, 2.75) is 40.7 Å². The average Bonchev–Trinajstić information content (AvgIpc) is 3.35. The van der Waals surface area contributed by atoms with Gasteiger partial charge in [-0.25, -0.2) is 0 Å². The molecule has 2 aromatic carbocycles. The van der Waals surface area contributed by atoms with E-state index < -0.39 is 17.7 Å². The van der Waals surface area contributed by atoms with Gasteiger partial charge in [-0.1, -0.05) is 32.0 Å². The van der Waals surface area contributed by atoms with Crippen molar-refractivity contribution in [3.8, 4) is 5.75 Å². The molecular weight excluding hydrogens is 430 g/mol. The third kappa shape index (κ3) is 4.36. The van der Waals surface area contributed by atoms with Crippen LogP contribution in [0.15, 0.2) is 64.6 Å². The highest BCUT2D eigenvalue weighted by molar-refractivity contribution is 6.51. The second-order valence-electron chi connectivity index (χ2n) is 9.12. The van der Waals surface area contributed by atoms with Crippen molar-refractivity contribution in [1.82, 2.24) is 0 Å². The monoisotopic (exact) mass is 459 g/mol. The van der Waals surface area contributed by atoms with Gasteiger partial charge in [0.25, 0.3) is 11.7 Å². The normalized spacial score (nSPS) is 17.6. The van der Waals surface area contributed by atoms with Crippen LogP contribution in [0.4, 0.5) is 5.69 Å². The summed E-state index contributed by atoms with van der Waals surface area (Å²) in [5.74, 6) is 0.223. The van der Waals surface area contributed by atoms with Gasteiger partial charge in [0, 0.05) is 11.3 Å². The molecule has 6 nitrogen and oxygen atoms in total. The van der Waals surface area contributed by atoms with Gasteiger partial charge in [0.05, 0.1) is 12.2 Å². The molecule has 1 saturated heterocycles. The number of aryl methyl sites for hydroxylation is 3. The fourth-order valence-electron chi connectivity index (χ4n) is 4.00. The van der Waals surface area contributed by atoms with Crippen molar-refractivity contribution in [2.75, 3.05) is 11.5 Å². The number of hydrogen-bond acceptors (Lipinski definition) is 5. The molecule has 3 aromatic rings. The molecule has 1 unspecified atom stereocenters. The van der Waals surface area contributed by atoms with Crippen LogP contribution in [-0.2, 0) is 9.59 Å². The molecule has 2 heterocycles. The number of nitrogens with zero attached hydrogens (tertiary/aromatic N) is 1. The Labute approximate surface area is 199 Å². The summed E-state index contributed by atoms with van der Waals surface area (Å²) in [6.45, 7) is 10.3. The lowest BCUT2D eigenvalue weighted by Crippen LogP contribution is -2.29. The van der Waals surface area contributed by atoms with Crippen LogP contribution < -0.4 is 9.64 Å². The van der Waals surface area contributed by atoms with Crippen LogP contribution in [0.2, 0.25) is 0 Å². The minimum absolute atomic E-state index is 0.0152. The topological polar surface area (TPSA) is 80.0 Å². The largest absolute Gasteiger partial charge is 0.507 e. The number of ketones is 1. The molecule has 1 aromatic heterocycles. The average molecular weight is 460 g/mol. The van der Waals surface area contributed by atoms with Crippen LogP contribution in [0.25, 0.3) is 5.76 Å². The second-order valence-corrected chi connectivity index (χ2v) is 9.12. The lowest BCUT2D eigenvalue weighted by atomic mass is 9.99. The summed E-state index contributed by atoms with van der Waals surface area (Å²) in [5.41, 5.74) is 3.01. The molecule has 1 fully saturated rings. The summed E-state index contributed by atoms with van der Waals surface area (Å²) in [5, 5.41) is 11.3. The molecule has 1 amide bonds. The summed E-state index contributed by atoms with van der Waals surface area (Å²) in [4.78, 5) is 27.9. The van der Waals surface area contributed by atoms with Gasteiger partial charge in [-0.05, 0) is 74.2 Å². The molecule has 34 heavy (non-hydrogen) atoms. The fourth-order valence-corrected chi connectivity index (χ4v) is 4.00. The SMILES string of the molecule is Cc1ccc(C2/C(=C(/O)c3cccc(OCC(C)C)c3)C(=O)C(=O)N2c2ccc(C)c(C)c2)o1. The van der Waals surface area contributed by atoms with Gasteiger partial charge >= 0.3 is 0 Å². The van der Waals surface area contributed by atoms with Gasteiger partial charge in [-0.15, -0.1) is 0 Å². The van der Waals surface area contributed by atoms with Gasteiger partial charge in [0.2, 0.25) is 0 Å². The van der Waals surface area contributed by atoms with E-state index in [1.165, 1.54) is 4.90 Å². The van der Waals surface area contributed by atoms with E-state index in [0.29, 0.717) is 41.0 Å². The molecule has 0 saturated carbocycles. The fraction of sp³-hybridized carbons (Fsp3) is 0.286. The lowest BCUT2D eigenvalue weighted by Gasteiger charge is -2.24. The number of aliphatic hydroxyl groups is 1. The molecule has 1 atom stereocenters. The maximum Gasteiger partial charge on any atom is 0.300 e. The van der Waals surface area contributed by atoms with Crippen LogP contribution in [0.5, 0.6) is 5.75 Å². The van der Waals surface area contributed by atoms with Crippen molar-refractivity contribution in [3.05, 3.63) is 88.4 Å². The van der Waals surface area contributed by atoms with E-state index in [-0.39, 0.29) is 11.3 Å². The third-order valence-electron chi connectivity index (χ3n) is 5.93. The van der Waals surface area contributed by atoms with Crippen molar-refractivity contribution in [1.29, 1.82) is 0 Å². The number of Topliss-reactive ketones (excluding diaryl/α,β-unsaturated/α-hetero) is 1. The Kier molecular flexibility index (Phi) is 6.33. The molecule has 0 bridgehead atoms. The van der Waals surface area contributed by atoms with E-state index in [9.17, 15) is 14.7 Å². The van der Waals surface area contributed by atoms with Gasteiger partial charge in [0.1, 0.15) is 29.1 Å². The Morgan fingerprint density at radius 2 is 1.79 bits per heavy atom. The maximum atomic E-state index is 13.3. The van der Waals surface area contributed by atoms with Gasteiger partial charge in [0.15, 0.2) is 0 Å². The molecular formula is C28H29NO5. The van der Waals surface area contributed by atoms with Crippen LogP contribution >= 0.6 is 0 Å². The van der Waals surface area contributed by atoms with E-state index in [4.69, 9.17) is 9.15 Å². The van der Waals surface area contributed by atoms with Crippen LogP contribution in [0.3, 0.4) is 0 Å². The number of furan rings is 1. The van der Waals surface area contributed by atoms with E-state index in [1.807, 2.05) is 39.8 Å². The van der Waals surface area contributed by atoms with E-state index in [2.05, 4.69) is 0 Å². The minimum Gasteiger partial charge on any atom is -0.507 e. The lowest BCUT2D eigenvalue weighted by molar-refractivity contribution is -0.132. The number of amides is 1. The molecule has 4 rings (SSSR count). The Bertz CT molecular complexity index is 1280. The van der Waals surface area contributed by atoms with E-state index in [1.54, 1.807) is 49.4 Å². The molecule has 1 aliphatic rings. The summed E-state index contributed by atoms with van der Waals surface area (Å²) in [7, 11) is 0. The molecule has 176 valence electrons. The number of hydrogen-bond donors (Lipinski definition) is 1. The zero-order valence-electron chi connectivity index (χ0n) is 20.1. The standard InChI is InChI=1S/C28H29NO5/c1-16(2)15-33-22-8-6-7-20(14-22)26(30)24-25(23-12-10-19(5)34-23)29(28(32)27(24)31)21-11-9-17(3)18(4)13-21/h6-14,16,25,30H,15H2,1-5H3/b26-24-. The summed E-state index contributed by atoms with van der Waals surface area (Å²) < 4.78 is 11.6. The Morgan fingerprint density at radius 3 is 2.44 bits per heavy atom.